The van der Waals surface area contributed by atoms with Gasteiger partial charge in [-0.25, -0.2) is 0 Å². The van der Waals surface area contributed by atoms with Gasteiger partial charge in [-0.15, -0.1) is 0 Å². The van der Waals surface area contributed by atoms with Crippen LogP contribution in [0.5, 0.6) is 0 Å². The molecule has 2 unspecified atom stereocenters. The molecule has 1 fully saturated rings. The van der Waals surface area contributed by atoms with Gasteiger partial charge in [0.25, 0.3) is 0 Å². The van der Waals surface area contributed by atoms with Crippen molar-refractivity contribution >= 4 is 0 Å². The zero-order valence-corrected chi connectivity index (χ0v) is 9.80. The summed E-state index contributed by atoms with van der Waals surface area (Å²) >= 11 is 0. The van der Waals surface area contributed by atoms with Crippen LogP contribution in [0.3, 0.4) is 0 Å². The maximum Gasteiger partial charge on any atom is 0.401 e. The standard InChI is InChI=1S/C11H20F3NO/c1-3-8(2)10(16)6-15(9-4-5-9)7-11(12,13)14/h8-10,16H,3-7H2,1-2H3. The average Bonchev–Trinajstić information content (AvgIpc) is 2.96. The Morgan fingerprint density at radius 3 is 2.31 bits per heavy atom. The van der Waals surface area contributed by atoms with E-state index < -0.39 is 18.8 Å². The van der Waals surface area contributed by atoms with Gasteiger partial charge in [0.2, 0.25) is 0 Å². The third kappa shape index (κ3) is 4.70. The Bertz CT molecular complexity index is 216. The summed E-state index contributed by atoms with van der Waals surface area (Å²) in [6, 6.07) is 0.0281. The summed E-state index contributed by atoms with van der Waals surface area (Å²) in [5.41, 5.74) is 0. The van der Waals surface area contributed by atoms with Crippen molar-refractivity contribution < 1.29 is 18.3 Å². The lowest BCUT2D eigenvalue weighted by atomic mass is 10.0. The number of rotatable bonds is 6. The Labute approximate surface area is 94.4 Å². The second-order valence-corrected chi connectivity index (χ2v) is 4.73. The molecule has 0 radical (unpaired) electrons. The van der Waals surface area contributed by atoms with E-state index in [0.717, 1.165) is 19.3 Å². The molecular weight excluding hydrogens is 219 g/mol. The summed E-state index contributed by atoms with van der Waals surface area (Å²) in [4.78, 5) is 1.37. The van der Waals surface area contributed by atoms with Crippen LogP contribution in [-0.4, -0.2) is 41.4 Å². The Kier molecular flexibility index (Phi) is 4.62. The number of nitrogens with zero attached hydrogens (tertiary/aromatic N) is 1. The summed E-state index contributed by atoms with van der Waals surface area (Å²) in [5.74, 6) is 0.0504. The highest BCUT2D eigenvalue weighted by atomic mass is 19.4. The molecule has 0 aromatic carbocycles. The first-order chi connectivity index (χ1) is 7.33. The van der Waals surface area contributed by atoms with E-state index in [4.69, 9.17) is 0 Å². The summed E-state index contributed by atoms with van der Waals surface area (Å²) in [5, 5.41) is 9.75. The van der Waals surface area contributed by atoms with Crippen LogP contribution in [0.1, 0.15) is 33.1 Å². The Morgan fingerprint density at radius 2 is 1.94 bits per heavy atom. The predicted molar refractivity (Wildman–Crippen MR) is 56.1 cm³/mol. The summed E-state index contributed by atoms with van der Waals surface area (Å²) in [6.45, 7) is 3.03. The van der Waals surface area contributed by atoms with Crippen molar-refractivity contribution in [3.63, 3.8) is 0 Å². The SMILES string of the molecule is CCC(C)C(O)CN(CC(F)(F)F)C1CC1. The Morgan fingerprint density at radius 1 is 1.38 bits per heavy atom. The van der Waals surface area contributed by atoms with E-state index in [9.17, 15) is 18.3 Å². The van der Waals surface area contributed by atoms with Crippen LogP contribution in [-0.2, 0) is 0 Å². The van der Waals surface area contributed by atoms with E-state index in [-0.39, 0.29) is 18.5 Å². The van der Waals surface area contributed by atoms with E-state index in [1.54, 1.807) is 0 Å². The second-order valence-electron chi connectivity index (χ2n) is 4.73. The molecule has 1 N–H and O–H groups in total. The van der Waals surface area contributed by atoms with Crippen molar-refractivity contribution in [1.82, 2.24) is 4.90 Å². The van der Waals surface area contributed by atoms with Crippen LogP contribution in [0.2, 0.25) is 0 Å². The quantitative estimate of drug-likeness (QED) is 0.769. The zero-order valence-electron chi connectivity index (χ0n) is 9.80. The molecule has 0 bridgehead atoms. The molecule has 2 nitrogen and oxygen atoms in total. The minimum absolute atomic E-state index is 0.0281. The first-order valence-corrected chi connectivity index (χ1v) is 5.82. The van der Waals surface area contributed by atoms with Gasteiger partial charge in [-0.3, -0.25) is 4.90 Å². The second kappa shape index (κ2) is 5.36. The fraction of sp³-hybridized carbons (Fsp3) is 1.00. The van der Waals surface area contributed by atoms with E-state index in [0.29, 0.717) is 0 Å². The van der Waals surface area contributed by atoms with E-state index in [1.807, 2.05) is 13.8 Å². The largest absolute Gasteiger partial charge is 0.401 e. The van der Waals surface area contributed by atoms with Crippen molar-refractivity contribution in [1.29, 1.82) is 0 Å². The fourth-order valence-corrected chi connectivity index (χ4v) is 1.70. The molecule has 5 heteroatoms. The van der Waals surface area contributed by atoms with Crippen LogP contribution in [0.4, 0.5) is 13.2 Å². The topological polar surface area (TPSA) is 23.5 Å². The van der Waals surface area contributed by atoms with Crippen molar-refractivity contribution in [2.45, 2.75) is 51.4 Å². The molecule has 0 saturated heterocycles. The molecule has 0 amide bonds. The molecule has 1 aliphatic rings. The third-order valence-corrected chi connectivity index (χ3v) is 3.17. The molecule has 1 aliphatic carbocycles. The number of alkyl halides is 3. The maximum atomic E-state index is 12.3. The van der Waals surface area contributed by atoms with Crippen LogP contribution >= 0.6 is 0 Å². The number of halogens is 3. The lowest BCUT2D eigenvalue weighted by molar-refractivity contribution is -0.150. The monoisotopic (exact) mass is 239 g/mol. The molecular formula is C11H20F3NO. The number of hydrogen-bond donors (Lipinski definition) is 1. The smallest absolute Gasteiger partial charge is 0.392 e. The highest BCUT2D eigenvalue weighted by Crippen LogP contribution is 2.30. The molecule has 96 valence electrons. The van der Waals surface area contributed by atoms with Gasteiger partial charge >= 0.3 is 6.18 Å². The van der Waals surface area contributed by atoms with Crippen LogP contribution < -0.4 is 0 Å². The average molecular weight is 239 g/mol. The number of aliphatic hydroxyl groups excluding tert-OH is 1. The molecule has 0 spiro atoms. The fourth-order valence-electron chi connectivity index (χ4n) is 1.70. The lowest BCUT2D eigenvalue weighted by Crippen LogP contribution is -2.42. The van der Waals surface area contributed by atoms with E-state index in [1.165, 1.54) is 4.90 Å². The molecule has 1 saturated carbocycles. The van der Waals surface area contributed by atoms with Crippen LogP contribution in [0.25, 0.3) is 0 Å². The molecule has 1 rings (SSSR count). The number of hydrogen-bond acceptors (Lipinski definition) is 2. The van der Waals surface area contributed by atoms with Crippen LogP contribution in [0.15, 0.2) is 0 Å². The van der Waals surface area contributed by atoms with Gasteiger partial charge in [0, 0.05) is 12.6 Å². The van der Waals surface area contributed by atoms with Gasteiger partial charge < -0.3 is 5.11 Å². The van der Waals surface area contributed by atoms with E-state index >= 15 is 0 Å². The van der Waals surface area contributed by atoms with Crippen molar-refractivity contribution in [2.24, 2.45) is 5.92 Å². The molecule has 0 aromatic rings. The molecule has 0 heterocycles. The van der Waals surface area contributed by atoms with Crippen LogP contribution in [0, 0.1) is 5.92 Å². The molecule has 2 atom stereocenters. The molecule has 0 aromatic heterocycles. The highest BCUT2D eigenvalue weighted by molar-refractivity contribution is 4.87. The summed E-state index contributed by atoms with van der Waals surface area (Å²) < 4.78 is 36.9. The van der Waals surface area contributed by atoms with Gasteiger partial charge in [0.15, 0.2) is 0 Å². The van der Waals surface area contributed by atoms with Gasteiger partial charge in [-0.1, -0.05) is 20.3 Å². The lowest BCUT2D eigenvalue weighted by Gasteiger charge is -2.28. The molecule has 0 aliphatic heterocycles. The van der Waals surface area contributed by atoms with Crippen molar-refractivity contribution in [2.75, 3.05) is 13.1 Å². The van der Waals surface area contributed by atoms with E-state index in [2.05, 4.69) is 0 Å². The third-order valence-electron chi connectivity index (χ3n) is 3.17. The maximum absolute atomic E-state index is 12.3. The first kappa shape index (κ1) is 13.8. The van der Waals surface area contributed by atoms with Gasteiger partial charge in [-0.2, -0.15) is 13.2 Å². The normalized spacial score (nSPS) is 21.2. The Hall–Kier alpha value is -0.290. The molecule has 16 heavy (non-hydrogen) atoms. The van der Waals surface area contributed by atoms with Gasteiger partial charge in [0.1, 0.15) is 0 Å². The first-order valence-electron chi connectivity index (χ1n) is 5.82. The predicted octanol–water partition coefficient (Wildman–Crippen LogP) is 2.42. The summed E-state index contributed by atoms with van der Waals surface area (Å²) in [7, 11) is 0. The minimum Gasteiger partial charge on any atom is -0.392 e. The van der Waals surface area contributed by atoms with Crippen molar-refractivity contribution in [3.05, 3.63) is 0 Å². The highest BCUT2D eigenvalue weighted by Gasteiger charge is 2.38. The van der Waals surface area contributed by atoms with Crippen molar-refractivity contribution in [3.8, 4) is 0 Å². The summed E-state index contributed by atoms with van der Waals surface area (Å²) in [6.07, 6.45) is -2.40. The van der Waals surface area contributed by atoms with Gasteiger partial charge in [0.05, 0.1) is 12.6 Å². The zero-order chi connectivity index (χ0) is 12.3. The minimum atomic E-state index is -4.17. The Balaban J connectivity index is 2.45. The number of aliphatic hydroxyl groups is 1. The van der Waals surface area contributed by atoms with Gasteiger partial charge in [-0.05, 0) is 18.8 Å².